The zero-order valence-corrected chi connectivity index (χ0v) is 22.3. The number of hydrogen-bond acceptors (Lipinski definition) is 5. The van der Waals surface area contributed by atoms with Gasteiger partial charge in [0.1, 0.15) is 0 Å². The Labute approximate surface area is 215 Å². The molecule has 0 aliphatic heterocycles. The SMILES string of the molecule is C=C[C@H](CCC(=C)C(C)C(=O)O)[C@H]1CC[C@H]2C3=C(C(=O)C[C@]12C)[C@@]1(C)CC[C@H](O)[C@](C)(O)C1CC3O. The lowest BCUT2D eigenvalue weighted by Crippen LogP contribution is -2.61. The molecule has 0 bridgehead atoms. The van der Waals surface area contributed by atoms with Gasteiger partial charge in [-0.25, -0.2) is 0 Å². The Morgan fingerprint density at radius 1 is 1.19 bits per heavy atom. The molecule has 6 nitrogen and oxygen atoms in total. The van der Waals surface area contributed by atoms with E-state index in [4.69, 9.17) is 0 Å². The maximum absolute atomic E-state index is 13.9. The van der Waals surface area contributed by atoms with Gasteiger partial charge in [0.15, 0.2) is 5.78 Å². The molecule has 36 heavy (non-hydrogen) atoms. The quantitative estimate of drug-likeness (QED) is 0.384. The second kappa shape index (κ2) is 9.21. The van der Waals surface area contributed by atoms with E-state index in [1.165, 1.54) is 0 Å². The first kappa shape index (κ1) is 27.3. The molecule has 0 saturated heterocycles. The molecule has 0 heterocycles. The van der Waals surface area contributed by atoms with E-state index >= 15 is 0 Å². The number of carbonyl (C=O) groups is 2. The predicted octanol–water partition coefficient (Wildman–Crippen LogP) is 4.44. The number of ketones is 1. The molecule has 0 radical (unpaired) electrons. The molecule has 3 unspecified atom stereocenters. The van der Waals surface area contributed by atoms with Gasteiger partial charge in [0.25, 0.3) is 0 Å². The van der Waals surface area contributed by atoms with Crippen molar-refractivity contribution in [3.05, 3.63) is 36.0 Å². The monoisotopic (exact) mass is 500 g/mol. The number of allylic oxidation sites excluding steroid dienone is 2. The van der Waals surface area contributed by atoms with Crippen LogP contribution in [0.25, 0.3) is 0 Å². The highest BCUT2D eigenvalue weighted by molar-refractivity contribution is 5.99. The van der Waals surface area contributed by atoms with Crippen molar-refractivity contribution in [2.75, 3.05) is 0 Å². The van der Waals surface area contributed by atoms with Crippen LogP contribution in [0.4, 0.5) is 0 Å². The molecule has 0 spiro atoms. The van der Waals surface area contributed by atoms with Gasteiger partial charge in [-0.15, -0.1) is 6.58 Å². The van der Waals surface area contributed by atoms with Gasteiger partial charge in [0, 0.05) is 23.3 Å². The summed E-state index contributed by atoms with van der Waals surface area (Å²) < 4.78 is 0. The van der Waals surface area contributed by atoms with E-state index in [-0.39, 0.29) is 34.9 Å². The van der Waals surface area contributed by atoms with E-state index in [0.717, 1.165) is 30.4 Å². The maximum Gasteiger partial charge on any atom is 0.310 e. The second-order valence-corrected chi connectivity index (χ2v) is 12.8. The van der Waals surface area contributed by atoms with Gasteiger partial charge in [-0.05, 0) is 87.5 Å². The number of aliphatic carboxylic acids is 1. The summed E-state index contributed by atoms with van der Waals surface area (Å²) >= 11 is 0. The maximum atomic E-state index is 13.9. The van der Waals surface area contributed by atoms with Crippen LogP contribution in [-0.2, 0) is 9.59 Å². The summed E-state index contributed by atoms with van der Waals surface area (Å²) in [7, 11) is 0. The van der Waals surface area contributed by atoms with Crippen LogP contribution in [0, 0.1) is 40.4 Å². The van der Waals surface area contributed by atoms with Crippen molar-refractivity contribution in [3.8, 4) is 0 Å². The largest absolute Gasteiger partial charge is 0.481 e. The third-order valence-corrected chi connectivity index (χ3v) is 11.0. The van der Waals surface area contributed by atoms with E-state index in [1.54, 1.807) is 13.8 Å². The van der Waals surface area contributed by atoms with Crippen molar-refractivity contribution in [2.24, 2.45) is 40.4 Å². The Bertz CT molecular complexity index is 993. The van der Waals surface area contributed by atoms with E-state index < -0.39 is 35.1 Å². The first-order valence-electron chi connectivity index (χ1n) is 13.6. The highest BCUT2D eigenvalue weighted by atomic mass is 16.4. The van der Waals surface area contributed by atoms with Gasteiger partial charge in [-0.1, -0.05) is 32.1 Å². The summed E-state index contributed by atoms with van der Waals surface area (Å²) in [6.07, 6.45) is 5.25. The molecule has 0 aromatic carbocycles. The minimum Gasteiger partial charge on any atom is -0.481 e. The van der Waals surface area contributed by atoms with Gasteiger partial charge in [0.05, 0.1) is 23.7 Å². The van der Waals surface area contributed by atoms with Gasteiger partial charge < -0.3 is 20.4 Å². The van der Waals surface area contributed by atoms with Gasteiger partial charge in [0.2, 0.25) is 0 Å². The average Bonchev–Trinajstić information content (AvgIpc) is 3.14. The molecule has 200 valence electrons. The molecular formula is C30H44O6. The van der Waals surface area contributed by atoms with Crippen molar-refractivity contribution in [1.29, 1.82) is 0 Å². The molecule has 4 aliphatic carbocycles. The molecule has 0 aromatic heterocycles. The van der Waals surface area contributed by atoms with Crippen molar-refractivity contribution in [2.45, 2.75) is 96.9 Å². The third-order valence-electron chi connectivity index (χ3n) is 11.0. The lowest BCUT2D eigenvalue weighted by atomic mass is 9.47. The van der Waals surface area contributed by atoms with Crippen LogP contribution in [0.2, 0.25) is 0 Å². The van der Waals surface area contributed by atoms with Crippen LogP contribution in [-0.4, -0.2) is 50.0 Å². The van der Waals surface area contributed by atoms with Crippen molar-refractivity contribution < 1.29 is 30.0 Å². The number of fused-ring (bicyclic) bond motifs is 4. The number of carboxylic acids is 1. The third kappa shape index (κ3) is 3.95. The second-order valence-electron chi connectivity index (χ2n) is 12.8. The molecule has 2 saturated carbocycles. The summed E-state index contributed by atoms with van der Waals surface area (Å²) in [5.74, 6) is -1.35. The molecule has 10 atom stereocenters. The molecule has 0 amide bonds. The number of Topliss-reactive ketones (excluding diaryl/α,β-unsaturated/α-hetero) is 1. The number of aliphatic hydroxyl groups excluding tert-OH is 2. The summed E-state index contributed by atoms with van der Waals surface area (Å²) in [5, 5.41) is 42.5. The highest BCUT2D eigenvalue weighted by Gasteiger charge is 2.64. The first-order valence-corrected chi connectivity index (χ1v) is 13.6. The van der Waals surface area contributed by atoms with E-state index in [2.05, 4.69) is 20.1 Å². The molecule has 6 heteroatoms. The minimum absolute atomic E-state index is 0.0702. The van der Waals surface area contributed by atoms with Crippen LogP contribution in [0.3, 0.4) is 0 Å². The Morgan fingerprint density at radius 2 is 1.86 bits per heavy atom. The van der Waals surface area contributed by atoms with Gasteiger partial charge in [-0.2, -0.15) is 0 Å². The lowest BCUT2D eigenvalue weighted by molar-refractivity contribution is -0.174. The number of carboxylic acid groups (broad SMARTS) is 1. The van der Waals surface area contributed by atoms with Crippen LogP contribution in [0.15, 0.2) is 36.0 Å². The zero-order chi connectivity index (χ0) is 26.8. The molecule has 4 aliphatic rings. The van der Waals surface area contributed by atoms with Gasteiger partial charge >= 0.3 is 5.97 Å². The number of rotatable bonds is 7. The van der Waals surface area contributed by atoms with Crippen molar-refractivity contribution >= 4 is 11.8 Å². The predicted molar refractivity (Wildman–Crippen MR) is 138 cm³/mol. The molecular weight excluding hydrogens is 456 g/mol. The van der Waals surface area contributed by atoms with E-state index in [1.807, 2.05) is 13.0 Å². The highest BCUT2D eigenvalue weighted by Crippen LogP contribution is 2.66. The van der Waals surface area contributed by atoms with Crippen LogP contribution in [0.5, 0.6) is 0 Å². The van der Waals surface area contributed by atoms with Gasteiger partial charge in [-0.3, -0.25) is 9.59 Å². The molecule has 0 aromatic rings. The lowest BCUT2D eigenvalue weighted by Gasteiger charge is -2.59. The smallest absolute Gasteiger partial charge is 0.310 e. The summed E-state index contributed by atoms with van der Waals surface area (Å²) in [4.78, 5) is 25.3. The Hall–Kier alpha value is -1.76. The van der Waals surface area contributed by atoms with E-state index in [0.29, 0.717) is 37.7 Å². The summed E-state index contributed by atoms with van der Waals surface area (Å²) in [6, 6.07) is 0. The fourth-order valence-electron chi connectivity index (χ4n) is 8.70. The molecule has 4 rings (SSSR count). The fourth-order valence-corrected chi connectivity index (χ4v) is 8.70. The van der Waals surface area contributed by atoms with Crippen LogP contribution >= 0.6 is 0 Å². The standard InChI is InChI=1S/C30H44O6/c1-7-18(9-8-16(2)17(3)27(34)35)19-10-11-20-25-21(31)14-23-28(4,13-12-24(33)30(23,6)36)26(25)22(32)15-29(19,20)5/h7,17-21,23-24,31,33,36H,1-2,8-15H2,3-6H3,(H,34,35)/t17?,18-,19-,20+,21?,23?,24+,28+,29-,30-/m1/s1. The number of hydrogen-bond donors (Lipinski definition) is 4. The topological polar surface area (TPSA) is 115 Å². The number of carbonyl (C=O) groups excluding carboxylic acids is 1. The Morgan fingerprint density at radius 3 is 2.47 bits per heavy atom. The zero-order valence-electron chi connectivity index (χ0n) is 22.3. The van der Waals surface area contributed by atoms with E-state index in [9.17, 15) is 30.0 Å². The van der Waals surface area contributed by atoms with Crippen LogP contribution in [0.1, 0.15) is 79.1 Å². The normalized spacial score (nSPS) is 43.8. The first-order chi connectivity index (χ1) is 16.7. The van der Waals surface area contributed by atoms with Crippen molar-refractivity contribution in [3.63, 3.8) is 0 Å². The van der Waals surface area contributed by atoms with Crippen molar-refractivity contribution in [1.82, 2.24) is 0 Å². The molecule has 4 N–H and O–H groups in total. The van der Waals surface area contributed by atoms with Crippen LogP contribution < -0.4 is 0 Å². The Balaban J connectivity index is 1.65. The summed E-state index contributed by atoms with van der Waals surface area (Å²) in [5.41, 5.74) is 0.0854. The minimum atomic E-state index is -1.35. The molecule has 2 fully saturated rings. The fraction of sp³-hybridized carbons (Fsp3) is 0.733. The number of aliphatic hydroxyl groups is 3. The summed E-state index contributed by atoms with van der Waals surface area (Å²) in [6.45, 7) is 15.6. The average molecular weight is 501 g/mol. The Kier molecular flexibility index (Phi) is 6.98.